The second-order valence-electron chi connectivity index (χ2n) is 3.54. The molecule has 6 heteroatoms. The zero-order valence-electron chi connectivity index (χ0n) is 8.66. The van der Waals surface area contributed by atoms with Crippen molar-refractivity contribution in [3.8, 4) is 0 Å². The average molecular weight is 232 g/mol. The molecular formula is C9H16N2O3S. The molecule has 1 aliphatic heterocycles. The summed E-state index contributed by atoms with van der Waals surface area (Å²) in [5, 5.41) is 14.4. The number of carboxylic acid groups (broad SMARTS) is 1. The van der Waals surface area contributed by atoms with Gasteiger partial charge in [0.25, 0.3) is 0 Å². The second-order valence-corrected chi connectivity index (χ2v) is 4.52. The highest BCUT2D eigenvalue weighted by Crippen LogP contribution is 2.06. The summed E-state index contributed by atoms with van der Waals surface area (Å²) in [6.45, 7) is 1.31. The molecule has 1 saturated heterocycles. The normalized spacial score (nSPS) is 17.9. The van der Waals surface area contributed by atoms with Crippen LogP contribution < -0.4 is 10.6 Å². The summed E-state index contributed by atoms with van der Waals surface area (Å²) in [6.07, 6.45) is 2.39. The van der Waals surface area contributed by atoms with E-state index in [9.17, 15) is 9.59 Å². The first-order valence-corrected chi connectivity index (χ1v) is 6.27. The van der Waals surface area contributed by atoms with E-state index in [1.54, 1.807) is 11.8 Å². The Labute approximate surface area is 93.0 Å². The molecule has 15 heavy (non-hydrogen) atoms. The van der Waals surface area contributed by atoms with Crippen LogP contribution in [0.3, 0.4) is 0 Å². The van der Waals surface area contributed by atoms with Gasteiger partial charge in [0.05, 0.1) is 5.92 Å². The molecule has 3 N–H and O–H groups in total. The minimum atomic E-state index is -0.954. The standard InChI is InChI=1S/C9H16N2O3S/c1-15-3-2-7(9(13)14)11-8(12)6-4-10-5-6/h6-7,10H,2-5H2,1H3,(H,11,12)(H,13,14)/t7-/m0/s1. The van der Waals surface area contributed by atoms with E-state index in [-0.39, 0.29) is 11.8 Å². The van der Waals surface area contributed by atoms with E-state index >= 15 is 0 Å². The van der Waals surface area contributed by atoms with E-state index in [2.05, 4.69) is 10.6 Å². The highest BCUT2D eigenvalue weighted by atomic mass is 32.2. The second kappa shape index (κ2) is 5.97. The van der Waals surface area contributed by atoms with Crippen molar-refractivity contribution in [2.24, 2.45) is 5.92 Å². The molecule has 1 heterocycles. The Morgan fingerprint density at radius 3 is 2.67 bits per heavy atom. The number of rotatable bonds is 6. The number of amides is 1. The van der Waals surface area contributed by atoms with E-state index in [1.165, 1.54) is 0 Å². The Morgan fingerprint density at radius 1 is 1.60 bits per heavy atom. The number of carbonyl (C=O) groups is 2. The monoisotopic (exact) mass is 232 g/mol. The summed E-state index contributed by atoms with van der Waals surface area (Å²) in [5.41, 5.74) is 0. The van der Waals surface area contributed by atoms with E-state index in [0.29, 0.717) is 19.5 Å². The molecule has 86 valence electrons. The highest BCUT2D eigenvalue weighted by molar-refractivity contribution is 7.98. The molecule has 0 spiro atoms. The van der Waals surface area contributed by atoms with Gasteiger partial charge in [0.1, 0.15) is 6.04 Å². The lowest BCUT2D eigenvalue weighted by atomic mass is 10.0. The van der Waals surface area contributed by atoms with E-state index in [0.717, 1.165) is 5.75 Å². The summed E-state index contributed by atoms with van der Waals surface area (Å²) in [6, 6.07) is -0.745. The Hall–Kier alpha value is -0.750. The fourth-order valence-electron chi connectivity index (χ4n) is 1.26. The summed E-state index contributed by atoms with van der Waals surface area (Å²) >= 11 is 1.58. The minimum absolute atomic E-state index is 0.0545. The van der Waals surface area contributed by atoms with Crippen molar-refractivity contribution in [1.29, 1.82) is 0 Å². The van der Waals surface area contributed by atoms with Gasteiger partial charge < -0.3 is 15.7 Å². The number of carbonyl (C=O) groups excluding carboxylic acids is 1. The fourth-order valence-corrected chi connectivity index (χ4v) is 1.73. The van der Waals surface area contributed by atoms with Gasteiger partial charge in [0.2, 0.25) is 5.91 Å². The highest BCUT2D eigenvalue weighted by Gasteiger charge is 2.28. The Balaban J connectivity index is 2.35. The number of hydrogen-bond acceptors (Lipinski definition) is 4. The van der Waals surface area contributed by atoms with E-state index < -0.39 is 12.0 Å². The summed E-state index contributed by atoms with van der Waals surface area (Å²) < 4.78 is 0. The van der Waals surface area contributed by atoms with Crippen molar-refractivity contribution < 1.29 is 14.7 Å². The molecule has 1 amide bonds. The smallest absolute Gasteiger partial charge is 0.326 e. The third-order valence-electron chi connectivity index (χ3n) is 2.38. The van der Waals surface area contributed by atoms with Crippen LogP contribution in [0.15, 0.2) is 0 Å². The van der Waals surface area contributed by atoms with Gasteiger partial charge in [-0.1, -0.05) is 0 Å². The van der Waals surface area contributed by atoms with Crippen LogP contribution in [0.4, 0.5) is 0 Å². The zero-order chi connectivity index (χ0) is 11.3. The van der Waals surface area contributed by atoms with Crippen molar-refractivity contribution >= 4 is 23.6 Å². The number of thioether (sulfide) groups is 1. The largest absolute Gasteiger partial charge is 0.480 e. The molecule has 1 rings (SSSR count). The first-order valence-electron chi connectivity index (χ1n) is 4.88. The minimum Gasteiger partial charge on any atom is -0.480 e. The van der Waals surface area contributed by atoms with Gasteiger partial charge in [-0.3, -0.25) is 4.79 Å². The molecule has 0 bridgehead atoms. The average Bonchev–Trinajstić information content (AvgIpc) is 2.08. The van der Waals surface area contributed by atoms with E-state index in [4.69, 9.17) is 5.11 Å². The molecule has 1 fully saturated rings. The third-order valence-corrected chi connectivity index (χ3v) is 3.02. The molecule has 0 radical (unpaired) electrons. The van der Waals surface area contributed by atoms with Crippen LogP contribution in [0.25, 0.3) is 0 Å². The fraction of sp³-hybridized carbons (Fsp3) is 0.778. The van der Waals surface area contributed by atoms with Gasteiger partial charge in [0, 0.05) is 13.1 Å². The molecule has 5 nitrogen and oxygen atoms in total. The molecule has 0 saturated carbocycles. The quantitative estimate of drug-likeness (QED) is 0.577. The predicted octanol–water partition coefficient (Wildman–Crippen LogP) is -0.472. The van der Waals surface area contributed by atoms with Gasteiger partial charge in [-0.2, -0.15) is 11.8 Å². The van der Waals surface area contributed by atoms with Crippen LogP contribution in [-0.4, -0.2) is 48.1 Å². The summed E-state index contributed by atoms with van der Waals surface area (Å²) in [5.74, 6) is -0.423. The van der Waals surface area contributed by atoms with Crippen LogP contribution >= 0.6 is 11.8 Å². The first-order chi connectivity index (χ1) is 7.15. The van der Waals surface area contributed by atoms with Crippen LogP contribution in [-0.2, 0) is 9.59 Å². The van der Waals surface area contributed by atoms with Crippen LogP contribution in [0.2, 0.25) is 0 Å². The van der Waals surface area contributed by atoms with Crippen molar-refractivity contribution in [3.63, 3.8) is 0 Å². The molecule has 0 aromatic heterocycles. The number of nitrogens with one attached hydrogen (secondary N) is 2. The van der Waals surface area contributed by atoms with Gasteiger partial charge in [0.15, 0.2) is 0 Å². The molecule has 0 unspecified atom stereocenters. The van der Waals surface area contributed by atoms with Crippen LogP contribution in [0.1, 0.15) is 6.42 Å². The van der Waals surface area contributed by atoms with Crippen molar-refractivity contribution in [1.82, 2.24) is 10.6 Å². The SMILES string of the molecule is CSCC[C@H](NC(=O)C1CNC1)C(=O)O. The maximum absolute atomic E-state index is 11.5. The van der Waals surface area contributed by atoms with E-state index in [1.807, 2.05) is 6.26 Å². The summed E-state index contributed by atoms with van der Waals surface area (Å²) in [4.78, 5) is 22.3. The maximum atomic E-state index is 11.5. The number of hydrogen-bond donors (Lipinski definition) is 3. The Kier molecular flexibility index (Phi) is 4.90. The predicted molar refractivity (Wildman–Crippen MR) is 58.9 cm³/mol. The molecule has 1 atom stereocenters. The number of aliphatic carboxylic acids is 1. The van der Waals surface area contributed by atoms with Gasteiger partial charge >= 0.3 is 5.97 Å². The molecule has 0 aromatic rings. The van der Waals surface area contributed by atoms with Crippen molar-refractivity contribution in [2.45, 2.75) is 12.5 Å². The van der Waals surface area contributed by atoms with Gasteiger partial charge in [-0.25, -0.2) is 4.79 Å². The number of carboxylic acids is 1. The van der Waals surface area contributed by atoms with Crippen molar-refractivity contribution in [2.75, 3.05) is 25.1 Å². The lowest BCUT2D eigenvalue weighted by molar-refractivity contribution is -0.142. The van der Waals surface area contributed by atoms with Gasteiger partial charge in [-0.05, 0) is 18.4 Å². The molecule has 0 aliphatic carbocycles. The molecule has 0 aromatic carbocycles. The Bertz CT molecular complexity index is 244. The lowest BCUT2D eigenvalue weighted by Crippen LogP contribution is -2.54. The third kappa shape index (κ3) is 3.71. The van der Waals surface area contributed by atoms with Crippen molar-refractivity contribution in [3.05, 3.63) is 0 Å². The van der Waals surface area contributed by atoms with Crippen LogP contribution in [0, 0.1) is 5.92 Å². The Morgan fingerprint density at radius 2 is 2.27 bits per heavy atom. The van der Waals surface area contributed by atoms with Crippen LogP contribution in [0.5, 0.6) is 0 Å². The first kappa shape index (κ1) is 12.3. The molecule has 1 aliphatic rings. The topological polar surface area (TPSA) is 78.4 Å². The summed E-state index contributed by atoms with van der Waals surface area (Å²) in [7, 11) is 0. The molecular weight excluding hydrogens is 216 g/mol. The zero-order valence-corrected chi connectivity index (χ0v) is 9.47. The lowest BCUT2D eigenvalue weighted by Gasteiger charge is -2.27. The maximum Gasteiger partial charge on any atom is 0.326 e. The van der Waals surface area contributed by atoms with Gasteiger partial charge in [-0.15, -0.1) is 0 Å².